The van der Waals surface area contributed by atoms with E-state index in [9.17, 15) is 4.79 Å². The number of aliphatic carboxylic acids is 1. The second-order valence-corrected chi connectivity index (χ2v) is 4.00. The molecule has 3 heteroatoms. The molecule has 0 radical (unpaired) electrons. The first-order valence-electron chi connectivity index (χ1n) is 4.49. The van der Waals surface area contributed by atoms with Crippen LogP contribution in [0.2, 0.25) is 0 Å². The van der Waals surface area contributed by atoms with Crippen LogP contribution in [0.5, 0.6) is 0 Å². The van der Waals surface area contributed by atoms with Crippen LogP contribution in [0, 0.1) is 0 Å². The van der Waals surface area contributed by atoms with E-state index in [1.54, 1.807) is 26.0 Å². The molecular formula is C11H15NO2. The van der Waals surface area contributed by atoms with Crippen molar-refractivity contribution in [2.45, 2.75) is 25.3 Å². The van der Waals surface area contributed by atoms with Crippen LogP contribution in [0.4, 0.5) is 0 Å². The van der Waals surface area contributed by atoms with Gasteiger partial charge in [0.05, 0.1) is 5.92 Å². The third kappa shape index (κ3) is 2.33. The highest BCUT2D eigenvalue weighted by Crippen LogP contribution is 2.25. The summed E-state index contributed by atoms with van der Waals surface area (Å²) in [6, 6.07) is 9.06. The maximum Gasteiger partial charge on any atom is 0.312 e. The average molecular weight is 193 g/mol. The van der Waals surface area contributed by atoms with Crippen molar-refractivity contribution in [3.8, 4) is 0 Å². The van der Waals surface area contributed by atoms with Gasteiger partial charge in [0.25, 0.3) is 0 Å². The molecule has 1 aromatic carbocycles. The summed E-state index contributed by atoms with van der Waals surface area (Å²) in [4.78, 5) is 11.1. The molecule has 1 rings (SSSR count). The van der Waals surface area contributed by atoms with Gasteiger partial charge in [-0.05, 0) is 19.4 Å². The third-order valence-corrected chi connectivity index (χ3v) is 2.12. The Kier molecular flexibility index (Phi) is 2.91. The summed E-state index contributed by atoms with van der Waals surface area (Å²) in [7, 11) is 0. The number of benzene rings is 1. The van der Waals surface area contributed by atoms with Crippen molar-refractivity contribution in [1.82, 2.24) is 0 Å². The Bertz CT molecular complexity index is 314. The zero-order chi connectivity index (χ0) is 10.8. The van der Waals surface area contributed by atoms with Gasteiger partial charge in [0.2, 0.25) is 0 Å². The van der Waals surface area contributed by atoms with Crippen LogP contribution in [-0.2, 0) is 4.79 Å². The van der Waals surface area contributed by atoms with Gasteiger partial charge in [-0.2, -0.15) is 0 Å². The molecule has 0 aromatic heterocycles. The van der Waals surface area contributed by atoms with Crippen molar-refractivity contribution < 1.29 is 9.90 Å². The minimum Gasteiger partial charge on any atom is -0.481 e. The van der Waals surface area contributed by atoms with Crippen LogP contribution in [0.3, 0.4) is 0 Å². The first-order chi connectivity index (χ1) is 6.43. The van der Waals surface area contributed by atoms with Crippen molar-refractivity contribution in [3.05, 3.63) is 35.9 Å². The van der Waals surface area contributed by atoms with Gasteiger partial charge in [-0.3, -0.25) is 4.79 Å². The highest BCUT2D eigenvalue weighted by Gasteiger charge is 2.32. The van der Waals surface area contributed by atoms with E-state index in [4.69, 9.17) is 10.8 Å². The van der Waals surface area contributed by atoms with Gasteiger partial charge in [0.1, 0.15) is 0 Å². The predicted molar refractivity (Wildman–Crippen MR) is 55.1 cm³/mol. The molecule has 0 heterocycles. The highest BCUT2D eigenvalue weighted by atomic mass is 16.4. The van der Waals surface area contributed by atoms with Gasteiger partial charge < -0.3 is 10.8 Å². The van der Waals surface area contributed by atoms with Gasteiger partial charge in [0, 0.05) is 5.54 Å². The molecule has 1 aromatic rings. The molecule has 76 valence electrons. The lowest BCUT2D eigenvalue weighted by molar-refractivity contribution is -0.140. The molecule has 0 saturated heterocycles. The van der Waals surface area contributed by atoms with Crippen molar-refractivity contribution in [2.24, 2.45) is 5.73 Å². The fourth-order valence-corrected chi connectivity index (χ4v) is 1.54. The second kappa shape index (κ2) is 3.80. The summed E-state index contributed by atoms with van der Waals surface area (Å²) in [6.45, 7) is 3.44. The standard InChI is InChI=1S/C11H15NO2/c1-11(2,12)9(10(13)14)8-6-4-3-5-7-8/h3-7,9H,12H2,1-2H3,(H,13,14)/t9-/m1/s1. The molecule has 14 heavy (non-hydrogen) atoms. The lowest BCUT2D eigenvalue weighted by Gasteiger charge is -2.27. The summed E-state index contributed by atoms with van der Waals surface area (Å²) in [5.41, 5.74) is 5.82. The number of nitrogens with two attached hydrogens (primary N) is 1. The van der Waals surface area contributed by atoms with Crippen LogP contribution >= 0.6 is 0 Å². The molecule has 0 amide bonds. The molecule has 0 aliphatic rings. The van der Waals surface area contributed by atoms with E-state index in [0.717, 1.165) is 5.56 Å². The first-order valence-corrected chi connectivity index (χ1v) is 4.49. The Morgan fingerprint density at radius 2 is 1.86 bits per heavy atom. The Morgan fingerprint density at radius 1 is 1.36 bits per heavy atom. The average Bonchev–Trinajstić information content (AvgIpc) is 2.02. The molecule has 0 aliphatic carbocycles. The molecule has 0 unspecified atom stereocenters. The second-order valence-electron chi connectivity index (χ2n) is 4.00. The minimum absolute atomic E-state index is 0.663. The van der Waals surface area contributed by atoms with Crippen molar-refractivity contribution in [2.75, 3.05) is 0 Å². The summed E-state index contributed by atoms with van der Waals surface area (Å²) in [6.07, 6.45) is 0. The number of rotatable bonds is 3. The smallest absolute Gasteiger partial charge is 0.312 e. The molecule has 3 nitrogen and oxygen atoms in total. The van der Waals surface area contributed by atoms with Gasteiger partial charge in [0.15, 0.2) is 0 Å². The van der Waals surface area contributed by atoms with Crippen LogP contribution in [0.1, 0.15) is 25.3 Å². The molecule has 3 N–H and O–H groups in total. The largest absolute Gasteiger partial charge is 0.481 e. The quantitative estimate of drug-likeness (QED) is 0.766. The summed E-state index contributed by atoms with van der Waals surface area (Å²) in [5.74, 6) is -1.55. The fraction of sp³-hybridized carbons (Fsp3) is 0.364. The monoisotopic (exact) mass is 193 g/mol. The van der Waals surface area contributed by atoms with Gasteiger partial charge in [-0.1, -0.05) is 30.3 Å². The topological polar surface area (TPSA) is 63.3 Å². The zero-order valence-electron chi connectivity index (χ0n) is 8.40. The molecule has 0 bridgehead atoms. The van der Waals surface area contributed by atoms with Crippen LogP contribution in [0.25, 0.3) is 0 Å². The molecule has 0 saturated carbocycles. The van der Waals surface area contributed by atoms with Crippen molar-refractivity contribution in [3.63, 3.8) is 0 Å². The maximum absolute atomic E-state index is 11.1. The van der Waals surface area contributed by atoms with E-state index in [1.807, 2.05) is 18.2 Å². The third-order valence-electron chi connectivity index (χ3n) is 2.12. The van der Waals surface area contributed by atoms with Crippen molar-refractivity contribution in [1.29, 1.82) is 0 Å². The van der Waals surface area contributed by atoms with E-state index >= 15 is 0 Å². The number of carbonyl (C=O) groups is 1. The van der Waals surface area contributed by atoms with E-state index < -0.39 is 17.4 Å². The molecule has 0 spiro atoms. The van der Waals surface area contributed by atoms with E-state index in [-0.39, 0.29) is 0 Å². The lowest BCUT2D eigenvalue weighted by atomic mass is 9.83. The number of carboxylic acid groups (broad SMARTS) is 1. The van der Waals surface area contributed by atoms with E-state index in [1.165, 1.54) is 0 Å². The number of hydrogen-bond acceptors (Lipinski definition) is 2. The molecule has 1 atom stereocenters. The first kappa shape index (κ1) is 10.7. The highest BCUT2D eigenvalue weighted by molar-refractivity contribution is 5.77. The summed E-state index contributed by atoms with van der Waals surface area (Å²) in [5, 5.41) is 9.08. The fourth-order valence-electron chi connectivity index (χ4n) is 1.54. The van der Waals surface area contributed by atoms with Crippen LogP contribution < -0.4 is 5.73 Å². The number of carboxylic acids is 1. The van der Waals surface area contributed by atoms with Gasteiger partial charge >= 0.3 is 5.97 Å². The summed E-state index contributed by atoms with van der Waals surface area (Å²) >= 11 is 0. The van der Waals surface area contributed by atoms with E-state index in [2.05, 4.69) is 0 Å². The molecule has 0 fully saturated rings. The van der Waals surface area contributed by atoms with Crippen LogP contribution in [-0.4, -0.2) is 16.6 Å². The number of hydrogen-bond donors (Lipinski definition) is 2. The molecule has 0 aliphatic heterocycles. The Hall–Kier alpha value is -1.35. The van der Waals surface area contributed by atoms with Gasteiger partial charge in [-0.15, -0.1) is 0 Å². The predicted octanol–water partition coefficient (Wildman–Crippen LogP) is 1.59. The Balaban J connectivity index is 3.08. The Labute approximate surface area is 83.6 Å². The maximum atomic E-state index is 11.1. The lowest BCUT2D eigenvalue weighted by Crippen LogP contribution is -2.43. The van der Waals surface area contributed by atoms with Crippen molar-refractivity contribution >= 4 is 5.97 Å². The Morgan fingerprint density at radius 3 is 2.21 bits per heavy atom. The normalized spacial score (nSPS) is 13.6. The van der Waals surface area contributed by atoms with Gasteiger partial charge in [-0.25, -0.2) is 0 Å². The zero-order valence-corrected chi connectivity index (χ0v) is 8.40. The summed E-state index contributed by atoms with van der Waals surface area (Å²) < 4.78 is 0. The molecular weight excluding hydrogens is 178 g/mol. The van der Waals surface area contributed by atoms with Crippen LogP contribution in [0.15, 0.2) is 30.3 Å². The minimum atomic E-state index is -0.885. The van der Waals surface area contributed by atoms with E-state index in [0.29, 0.717) is 0 Å². The SMILES string of the molecule is CC(C)(N)[C@@H](C(=O)O)c1ccccc1.